The molecule has 1 aliphatic carbocycles. The summed E-state index contributed by atoms with van der Waals surface area (Å²) in [6.07, 6.45) is 8.18. The van der Waals surface area contributed by atoms with Crippen LogP contribution in [0, 0.1) is 5.92 Å². The van der Waals surface area contributed by atoms with E-state index in [-0.39, 0.29) is 0 Å². The first-order valence-corrected chi connectivity index (χ1v) is 7.10. The van der Waals surface area contributed by atoms with Gasteiger partial charge in [0, 0.05) is 12.1 Å². The number of rotatable bonds is 7. The first-order chi connectivity index (χ1) is 7.72. The van der Waals surface area contributed by atoms with Crippen LogP contribution in [0.3, 0.4) is 0 Å². The van der Waals surface area contributed by atoms with Crippen LogP contribution in [-0.4, -0.2) is 37.6 Å². The molecule has 2 heteroatoms. The van der Waals surface area contributed by atoms with Crippen molar-refractivity contribution in [3.05, 3.63) is 0 Å². The molecule has 0 heterocycles. The van der Waals surface area contributed by atoms with Crippen LogP contribution in [0.4, 0.5) is 0 Å². The lowest BCUT2D eigenvalue weighted by molar-refractivity contribution is 0.208. The highest BCUT2D eigenvalue weighted by Gasteiger charge is 2.26. The molecule has 0 aromatic heterocycles. The van der Waals surface area contributed by atoms with E-state index in [9.17, 15) is 0 Å². The number of nitrogens with one attached hydrogen (secondary N) is 1. The van der Waals surface area contributed by atoms with Crippen LogP contribution >= 0.6 is 0 Å². The first kappa shape index (κ1) is 14.0. The molecule has 16 heavy (non-hydrogen) atoms. The van der Waals surface area contributed by atoms with Crippen molar-refractivity contribution in [3.63, 3.8) is 0 Å². The zero-order chi connectivity index (χ0) is 12.0. The minimum absolute atomic E-state index is 0.787. The van der Waals surface area contributed by atoms with Gasteiger partial charge >= 0.3 is 0 Å². The minimum atomic E-state index is 0.787. The average Bonchev–Trinajstić information content (AvgIpc) is 2.75. The van der Waals surface area contributed by atoms with Gasteiger partial charge in [-0.2, -0.15) is 0 Å². The highest BCUT2D eigenvalue weighted by atomic mass is 15.1. The maximum absolute atomic E-state index is 3.48. The van der Waals surface area contributed by atoms with Crippen molar-refractivity contribution in [2.24, 2.45) is 5.92 Å². The molecule has 1 fully saturated rings. The van der Waals surface area contributed by atoms with E-state index in [2.05, 4.69) is 38.2 Å². The van der Waals surface area contributed by atoms with Gasteiger partial charge in [0.25, 0.3) is 0 Å². The Labute approximate surface area is 102 Å². The summed E-state index contributed by atoms with van der Waals surface area (Å²) in [6, 6.07) is 1.57. The summed E-state index contributed by atoms with van der Waals surface area (Å²) in [5.41, 5.74) is 0. The lowest BCUT2D eigenvalue weighted by Gasteiger charge is -2.28. The van der Waals surface area contributed by atoms with E-state index in [1.54, 1.807) is 0 Å². The predicted molar refractivity (Wildman–Crippen MR) is 71.8 cm³/mol. The van der Waals surface area contributed by atoms with Crippen molar-refractivity contribution in [2.45, 2.75) is 64.5 Å². The molecule has 0 amide bonds. The second-order valence-electron chi connectivity index (χ2n) is 5.33. The Kier molecular flexibility index (Phi) is 6.37. The summed E-state index contributed by atoms with van der Waals surface area (Å²) in [5.74, 6) is 0.918. The fourth-order valence-corrected chi connectivity index (χ4v) is 3.23. The highest BCUT2D eigenvalue weighted by Crippen LogP contribution is 2.28. The Morgan fingerprint density at radius 3 is 2.50 bits per heavy atom. The Hall–Kier alpha value is -0.0800. The van der Waals surface area contributed by atoms with Gasteiger partial charge in [-0.25, -0.2) is 0 Å². The third-order valence-electron chi connectivity index (χ3n) is 4.45. The largest absolute Gasteiger partial charge is 0.317 e. The molecule has 0 spiro atoms. The van der Waals surface area contributed by atoms with Gasteiger partial charge in [-0.05, 0) is 58.7 Å². The molecule has 0 aromatic carbocycles. The molecule has 96 valence electrons. The lowest BCUT2D eigenvalue weighted by Crippen LogP contribution is -2.35. The van der Waals surface area contributed by atoms with Crippen LogP contribution in [0.2, 0.25) is 0 Å². The SMILES string of the molecule is CCC(CC)N(C)CCC1CCCC1NC. The first-order valence-electron chi connectivity index (χ1n) is 7.10. The zero-order valence-electron chi connectivity index (χ0n) is 11.6. The molecule has 0 aromatic rings. The molecule has 1 N–H and O–H groups in total. The van der Waals surface area contributed by atoms with Gasteiger partial charge in [-0.15, -0.1) is 0 Å². The average molecular weight is 226 g/mol. The van der Waals surface area contributed by atoms with Crippen LogP contribution in [0.5, 0.6) is 0 Å². The molecule has 0 aliphatic heterocycles. The van der Waals surface area contributed by atoms with E-state index in [1.807, 2.05) is 0 Å². The summed E-state index contributed by atoms with van der Waals surface area (Å²) in [5, 5.41) is 3.48. The number of hydrogen-bond donors (Lipinski definition) is 1. The molecule has 1 rings (SSSR count). The van der Waals surface area contributed by atoms with E-state index in [4.69, 9.17) is 0 Å². The molecule has 0 radical (unpaired) electrons. The number of nitrogens with zero attached hydrogens (tertiary/aromatic N) is 1. The van der Waals surface area contributed by atoms with Crippen molar-refractivity contribution in [1.82, 2.24) is 10.2 Å². The van der Waals surface area contributed by atoms with Crippen molar-refractivity contribution >= 4 is 0 Å². The fraction of sp³-hybridized carbons (Fsp3) is 1.00. The Morgan fingerprint density at radius 1 is 1.25 bits per heavy atom. The van der Waals surface area contributed by atoms with Crippen LogP contribution in [0.25, 0.3) is 0 Å². The van der Waals surface area contributed by atoms with E-state index in [1.165, 1.54) is 45.1 Å². The van der Waals surface area contributed by atoms with Gasteiger partial charge in [-0.3, -0.25) is 0 Å². The number of hydrogen-bond acceptors (Lipinski definition) is 2. The second kappa shape index (κ2) is 7.29. The lowest BCUT2D eigenvalue weighted by atomic mass is 9.99. The Balaban J connectivity index is 2.27. The fourth-order valence-electron chi connectivity index (χ4n) is 3.23. The summed E-state index contributed by atoms with van der Waals surface area (Å²) in [6.45, 7) is 5.88. The molecule has 2 atom stereocenters. The van der Waals surface area contributed by atoms with Crippen LogP contribution in [0.1, 0.15) is 52.4 Å². The van der Waals surface area contributed by atoms with E-state index < -0.39 is 0 Å². The molecular weight excluding hydrogens is 196 g/mol. The monoisotopic (exact) mass is 226 g/mol. The third kappa shape index (κ3) is 3.74. The zero-order valence-corrected chi connectivity index (χ0v) is 11.6. The Morgan fingerprint density at radius 2 is 1.94 bits per heavy atom. The molecular formula is C14H30N2. The summed E-state index contributed by atoms with van der Waals surface area (Å²) in [4.78, 5) is 2.56. The van der Waals surface area contributed by atoms with Gasteiger partial charge in [-0.1, -0.05) is 20.3 Å². The van der Waals surface area contributed by atoms with Crippen molar-refractivity contribution < 1.29 is 0 Å². The van der Waals surface area contributed by atoms with Crippen LogP contribution in [-0.2, 0) is 0 Å². The summed E-state index contributed by atoms with van der Waals surface area (Å²) < 4.78 is 0. The minimum Gasteiger partial charge on any atom is -0.317 e. The standard InChI is InChI=1S/C14H30N2/c1-5-13(6-2)16(4)11-10-12-8-7-9-14(12)15-3/h12-15H,5-11H2,1-4H3. The van der Waals surface area contributed by atoms with Gasteiger partial charge in [0.15, 0.2) is 0 Å². The van der Waals surface area contributed by atoms with Crippen LogP contribution in [0.15, 0.2) is 0 Å². The molecule has 1 aliphatic rings. The van der Waals surface area contributed by atoms with Crippen molar-refractivity contribution in [1.29, 1.82) is 0 Å². The molecule has 1 saturated carbocycles. The molecule has 0 saturated heterocycles. The second-order valence-corrected chi connectivity index (χ2v) is 5.33. The molecule has 0 bridgehead atoms. The highest BCUT2D eigenvalue weighted by molar-refractivity contribution is 4.82. The van der Waals surface area contributed by atoms with Crippen molar-refractivity contribution in [2.75, 3.05) is 20.6 Å². The summed E-state index contributed by atoms with van der Waals surface area (Å²) >= 11 is 0. The van der Waals surface area contributed by atoms with Gasteiger partial charge in [0.1, 0.15) is 0 Å². The van der Waals surface area contributed by atoms with Gasteiger partial charge in [0.2, 0.25) is 0 Å². The smallest absolute Gasteiger partial charge is 0.00928 e. The van der Waals surface area contributed by atoms with Gasteiger partial charge in [0.05, 0.1) is 0 Å². The van der Waals surface area contributed by atoms with Crippen molar-refractivity contribution in [3.8, 4) is 0 Å². The molecule has 2 unspecified atom stereocenters. The summed E-state index contributed by atoms with van der Waals surface area (Å²) in [7, 11) is 4.41. The van der Waals surface area contributed by atoms with E-state index in [0.29, 0.717) is 0 Å². The van der Waals surface area contributed by atoms with E-state index >= 15 is 0 Å². The topological polar surface area (TPSA) is 15.3 Å². The predicted octanol–water partition coefficient (Wildman–Crippen LogP) is 2.89. The van der Waals surface area contributed by atoms with Gasteiger partial charge < -0.3 is 10.2 Å². The quantitative estimate of drug-likeness (QED) is 0.718. The maximum Gasteiger partial charge on any atom is 0.00928 e. The Bertz CT molecular complexity index is 178. The van der Waals surface area contributed by atoms with E-state index in [0.717, 1.165) is 18.0 Å². The molecule has 2 nitrogen and oxygen atoms in total. The maximum atomic E-state index is 3.48. The third-order valence-corrected chi connectivity index (χ3v) is 4.45. The van der Waals surface area contributed by atoms with Crippen LogP contribution < -0.4 is 5.32 Å². The normalized spacial score (nSPS) is 25.9.